The molecule has 1 unspecified atom stereocenters. The third kappa shape index (κ3) is 1.87. The van der Waals surface area contributed by atoms with E-state index >= 15 is 0 Å². The summed E-state index contributed by atoms with van der Waals surface area (Å²) >= 11 is 0. The molecule has 0 saturated carbocycles. The van der Waals surface area contributed by atoms with E-state index in [9.17, 15) is 4.79 Å². The maximum absolute atomic E-state index is 10.4. The minimum Gasteiger partial charge on any atom is -0.490 e. The fourth-order valence-electron chi connectivity index (χ4n) is 1.70. The molecule has 1 aliphatic heterocycles. The molecule has 3 nitrogen and oxygen atoms in total. The summed E-state index contributed by atoms with van der Waals surface area (Å²) in [6.07, 6.45) is 1.65. The second-order valence-corrected chi connectivity index (χ2v) is 3.48. The van der Waals surface area contributed by atoms with Gasteiger partial charge in [-0.15, -0.1) is 0 Å². The molecule has 14 heavy (non-hydrogen) atoms. The lowest BCUT2D eigenvalue weighted by atomic mass is 10.1. The zero-order valence-corrected chi connectivity index (χ0v) is 7.77. The zero-order chi connectivity index (χ0) is 9.97. The number of ether oxygens (including phenoxy) is 1. The molecule has 2 rings (SSSR count). The molecule has 0 radical (unpaired) electrons. The van der Waals surface area contributed by atoms with Gasteiger partial charge in [0, 0.05) is 12.8 Å². The summed E-state index contributed by atoms with van der Waals surface area (Å²) in [6, 6.07) is 7.85. The normalized spacial score (nSPS) is 18.7. The van der Waals surface area contributed by atoms with Crippen LogP contribution in [-0.4, -0.2) is 17.2 Å². The van der Waals surface area contributed by atoms with Gasteiger partial charge in [-0.1, -0.05) is 18.2 Å². The van der Waals surface area contributed by atoms with Crippen LogP contribution in [0, 0.1) is 0 Å². The van der Waals surface area contributed by atoms with E-state index in [2.05, 4.69) is 0 Å². The van der Waals surface area contributed by atoms with Crippen LogP contribution < -0.4 is 4.74 Å². The lowest BCUT2D eigenvalue weighted by Crippen LogP contribution is -2.14. The number of hydrogen-bond acceptors (Lipinski definition) is 2. The number of carboxylic acid groups (broad SMARTS) is 1. The first-order valence-corrected chi connectivity index (χ1v) is 4.72. The van der Waals surface area contributed by atoms with Crippen LogP contribution in [0.2, 0.25) is 0 Å². The van der Waals surface area contributed by atoms with Gasteiger partial charge in [-0.25, -0.2) is 0 Å². The number of fused-ring (bicyclic) bond motifs is 1. The van der Waals surface area contributed by atoms with E-state index in [1.807, 2.05) is 24.3 Å². The van der Waals surface area contributed by atoms with E-state index in [1.54, 1.807) is 0 Å². The van der Waals surface area contributed by atoms with Crippen LogP contribution in [0.25, 0.3) is 0 Å². The van der Waals surface area contributed by atoms with Crippen LogP contribution in [0.3, 0.4) is 0 Å². The third-order valence-corrected chi connectivity index (χ3v) is 2.39. The Hall–Kier alpha value is -1.51. The summed E-state index contributed by atoms with van der Waals surface area (Å²) in [5.41, 5.74) is 1.18. The maximum atomic E-state index is 10.4. The van der Waals surface area contributed by atoms with Crippen molar-refractivity contribution in [3.05, 3.63) is 29.8 Å². The average Bonchev–Trinajstić information content (AvgIpc) is 2.57. The van der Waals surface area contributed by atoms with Crippen LogP contribution in [-0.2, 0) is 11.2 Å². The van der Waals surface area contributed by atoms with Crippen molar-refractivity contribution < 1.29 is 14.6 Å². The fraction of sp³-hybridized carbons (Fsp3) is 0.364. The SMILES string of the molecule is O=C(O)CCC1Cc2ccccc2O1. The van der Waals surface area contributed by atoms with E-state index in [1.165, 1.54) is 5.56 Å². The summed E-state index contributed by atoms with van der Waals surface area (Å²) in [5.74, 6) is 0.146. The van der Waals surface area contributed by atoms with Gasteiger partial charge in [-0.3, -0.25) is 4.79 Å². The van der Waals surface area contributed by atoms with Gasteiger partial charge < -0.3 is 9.84 Å². The minimum absolute atomic E-state index is 0.0449. The van der Waals surface area contributed by atoms with E-state index < -0.39 is 5.97 Å². The van der Waals surface area contributed by atoms with Crippen molar-refractivity contribution in [1.82, 2.24) is 0 Å². The molecule has 1 atom stereocenters. The number of aliphatic carboxylic acids is 1. The number of para-hydroxylation sites is 1. The van der Waals surface area contributed by atoms with Gasteiger partial charge in [0.2, 0.25) is 0 Å². The van der Waals surface area contributed by atoms with Gasteiger partial charge in [0.15, 0.2) is 0 Å². The molecular weight excluding hydrogens is 180 g/mol. The Morgan fingerprint density at radius 2 is 2.29 bits per heavy atom. The van der Waals surface area contributed by atoms with Crippen molar-refractivity contribution in [3.8, 4) is 5.75 Å². The first-order valence-electron chi connectivity index (χ1n) is 4.72. The van der Waals surface area contributed by atoms with E-state index in [4.69, 9.17) is 9.84 Å². The lowest BCUT2D eigenvalue weighted by Gasteiger charge is -2.07. The smallest absolute Gasteiger partial charge is 0.303 e. The molecule has 0 bridgehead atoms. The Morgan fingerprint density at radius 1 is 1.50 bits per heavy atom. The molecule has 0 saturated heterocycles. The van der Waals surface area contributed by atoms with Gasteiger partial charge in [-0.05, 0) is 18.1 Å². The molecule has 1 aromatic carbocycles. The van der Waals surface area contributed by atoms with Crippen molar-refractivity contribution >= 4 is 5.97 Å². The first-order chi connectivity index (χ1) is 6.75. The molecular formula is C11H12O3. The Labute approximate surface area is 82.3 Å². The van der Waals surface area contributed by atoms with E-state index in [0.717, 1.165) is 12.2 Å². The zero-order valence-electron chi connectivity index (χ0n) is 7.77. The summed E-state index contributed by atoms with van der Waals surface area (Å²) in [7, 11) is 0. The maximum Gasteiger partial charge on any atom is 0.303 e. The number of rotatable bonds is 3. The van der Waals surface area contributed by atoms with Crippen molar-refractivity contribution in [3.63, 3.8) is 0 Å². The van der Waals surface area contributed by atoms with Crippen LogP contribution in [0.4, 0.5) is 0 Å². The van der Waals surface area contributed by atoms with Gasteiger partial charge in [0.1, 0.15) is 11.9 Å². The standard InChI is InChI=1S/C11H12O3/c12-11(13)6-5-9-7-8-3-1-2-4-10(8)14-9/h1-4,9H,5-7H2,(H,12,13). The fourth-order valence-corrected chi connectivity index (χ4v) is 1.70. The van der Waals surface area contributed by atoms with Crippen molar-refractivity contribution in [2.75, 3.05) is 0 Å². The molecule has 0 fully saturated rings. The number of benzene rings is 1. The predicted molar refractivity (Wildman–Crippen MR) is 51.4 cm³/mol. The van der Waals surface area contributed by atoms with Crippen molar-refractivity contribution in [2.24, 2.45) is 0 Å². The molecule has 1 heterocycles. The first kappa shape index (κ1) is 9.06. The molecule has 0 aromatic heterocycles. The third-order valence-electron chi connectivity index (χ3n) is 2.39. The van der Waals surface area contributed by atoms with Crippen LogP contribution in [0.5, 0.6) is 5.75 Å². The van der Waals surface area contributed by atoms with Crippen LogP contribution in [0.15, 0.2) is 24.3 Å². The second-order valence-electron chi connectivity index (χ2n) is 3.48. The quantitative estimate of drug-likeness (QED) is 0.795. The summed E-state index contributed by atoms with van der Waals surface area (Å²) in [5, 5.41) is 8.54. The summed E-state index contributed by atoms with van der Waals surface area (Å²) < 4.78 is 5.59. The molecule has 0 amide bonds. The van der Waals surface area contributed by atoms with Crippen molar-refractivity contribution in [1.29, 1.82) is 0 Å². The molecule has 1 aromatic rings. The largest absolute Gasteiger partial charge is 0.490 e. The molecule has 3 heteroatoms. The summed E-state index contributed by atoms with van der Waals surface area (Å²) in [4.78, 5) is 10.4. The van der Waals surface area contributed by atoms with Gasteiger partial charge in [-0.2, -0.15) is 0 Å². The topological polar surface area (TPSA) is 46.5 Å². The molecule has 0 spiro atoms. The minimum atomic E-state index is -0.760. The highest BCUT2D eigenvalue weighted by molar-refractivity contribution is 5.66. The van der Waals surface area contributed by atoms with Gasteiger partial charge in [0.05, 0.1) is 0 Å². The second kappa shape index (κ2) is 3.70. The number of carbonyl (C=O) groups is 1. The van der Waals surface area contributed by atoms with Gasteiger partial charge >= 0.3 is 5.97 Å². The number of hydrogen-bond donors (Lipinski definition) is 1. The van der Waals surface area contributed by atoms with Crippen molar-refractivity contribution in [2.45, 2.75) is 25.4 Å². The molecule has 1 aliphatic rings. The van der Waals surface area contributed by atoms with E-state index in [-0.39, 0.29) is 12.5 Å². The average molecular weight is 192 g/mol. The lowest BCUT2D eigenvalue weighted by molar-refractivity contribution is -0.137. The summed E-state index contributed by atoms with van der Waals surface area (Å²) in [6.45, 7) is 0. The molecule has 1 N–H and O–H groups in total. The van der Waals surface area contributed by atoms with Gasteiger partial charge in [0.25, 0.3) is 0 Å². The monoisotopic (exact) mass is 192 g/mol. The van der Waals surface area contributed by atoms with Crippen LogP contribution >= 0.6 is 0 Å². The molecule has 0 aliphatic carbocycles. The number of carboxylic acids is 1. The highest BCUT2D eigenvalue weighted by atomic mass is 16.5. The highest BCUT2D eigenvalue weighted by Crippen LogP contribution is 2.29. The Kier molecular flexibility index (Phi) is 2.39. The molecule has 74 valence electrons. The Balaban J connectivity index is 1.95. The Morgan fingerprint density at radius 3 is 3.00 bits per heavy atom. The predicted octanol–water partition coefficient (Wildman–Crippen LogP) is 1.85. The Bertz CT molecular complexity index is 321. The van der Waals surface area contributed by atoms with E-state index in [0.29, 0.717) is 6.42 Å². The van der Waals surface area contributed by atoms with Crippen LogP contribution in [0.1, 0.15) is 18.4 Å². The highest BCUT2D eigenvalue weighted by Gasteiger charge is 2.22.